The Bertz CT molecular complexity index is 1160. The lowest BCUT2D eigenvalue weighted by Crippen LogP contribution is -2.60. The third-order valence-electron chi connectivity index (χ3n) is 9.85. The van der Waals surface area contributed by atoms with E-state index < -0.39 is 8.32 Å². The van der Waals surface area contributed by atoms with Gasteiger partial charge in [-0.2, -0.15) is 0 Å². The van der Waals surface area contributed by atoms with Gasteiger partial charge in [-0.05, 0) is 66.9 Å². The molecular formula is C29H44N2O5Si. The molecule has 1 saturated heterocycles. The average Bonchev–Trinajstić information content (AvgIpc) is 3.23. The molecule has 1 saturated carbocycles. The standard InChI is InChI=1S/C29H44N2O5Si/c1-29(2,3)37(7,8)36-24-13-17-16-31-12-11-20-19-10-9-18(33-4)14-22(19)30-26(20)23(31)15-21(17)25(27(24)34-5)28(32)35-6/h9-10,14,17,21,23-25,27,30H,11-13,15-16H2,1-8H3/t17-,21+,23-,24-,25+,27+/m1/s1. The van der Waals surface area contributed by atoms with E-state index in [9.17, 15) is 4.79 Å². The summed E-state index contributed by atoms with van der Waals surface area (Å²) in [5.41, 5.74) is 3.83. The second-order valence-corrected chi connectivity index (χ2v) is 17.5. The van der Waals surface area contributed by atoms with Crippen molar-refractivity contribution in [1.82, 2.24) is 9.88 Å². The van der Waals surface area contributed by atoms with Crippen molar-refractivity contribution in [2.75, 3.05) is 34.4 Å². The molecule has 3 aliphatic rings. The number of esters is 1. The van der Waals surface area contributed by atoms with Gasteiger partial charge in [0.25, 0.3) is 0 Å². The lowest BCUT2D eigenvalue weighted by atomic mass is 9.64. The number of carbonyl (C=O) groups is 1. The SMILES string of the molecule is COC(=O)[C@H]1[C@H]2C[C@@H]3c4[nH]c5cc(OC)ccc5c4CCN3C[C@H]2C[C@@H](O[Si](C)(C)C(C)(C)C)[C@@H]1OC. The summed E-state index contributed by atoms with van der Waals surface area (Å²) in [4.78, 5) is 19.7. The zero-order valence-electron chi connectivity index (χ0n) is 23.7. The van der Waals surface area contributed by atoms with E-state index in [0.29, 0.717) is 5.92 Å². The van der Waals surface area contributed by atoms with Gasteiger partial charge in [-0.25, -0.2) is 0 Å². The first-order chi connectivity index (χ1) is 17.5. The maximum absolute atomic E-state index is 13.3. The first kappa shape index (κ1) is 26.7. The first-order valence-corrected chi connectivity index (χ1v) is 16.6. The van der Waals surface area contributed by atoms with E-state index in [4.69, 9.17) is 18.6 Å². The van der Waals surface area contributed by atoms with Crippen LogP contribution in [0.5, 0.6) is 5.75 Å². The molecule has 0 unspecified atom stereocenters. The Hall–Kier alpha value is -1.87. The van der Waals surface area contributed by atoms with Crippen molar-refractivity contribution in [3.8, 4) is 5.75 Å². The van der Waals surface area contributed by atoms with Gasteiger partial charge in [-0.15, -0.1) is 0 Å². The molecule has 1 aromatic heterocycles. The lowest BCUT2D eigenvalue weighted by Gasteiger charge is -2.54. The first-order valence-electron chi connectivity index (χ1n) is 13.7. The zero-order chi connectivity index (χ0) is 26.7. The number of aromatic nitrogens is 1. The van der Waals surface area contributed by atoms with Crippen LogP contribution in [-0.4, -0.2) is 70.8 Å². The number of rotatable bonds is 5. The largest absolute Gasteiger partial charge is 0.497 e. The van der Waals surface area contributed by atoms with E-state index in [-0.39, 0.29) is 41.1 Å². The van der Waals surface area contributed by atoms with E-state index in [1.165, 1.54) is 23.8 Å². The van der Waals surface area contributed by atoms with Crippen LogP contribution in [0, 0.1) is 17.8 Å². The van der Waals surface area contributed by atoms with Gasteiger partial charge in [0, 0.05) is 42.9 Å². The van der Waals surface area contributed by atoms with Gasteiger partial charge in [-0.1, -0.05) is 20.8 Å². The van der Waals surface area contributed by atoms with E-state index in [1.807, 2.05) is 6.07 Å². The molecule has 0 bridgehead atoms. The summed E-state index contributed by atoms with van der Waals surface area (Å²) >= 11 is 0. The van der Waals surface area contributed by atoms with Gasteiger partial charge < -0.3 is 23.6 Å². The van der Waals surface area contributed by atoms with E-state index in [1.54, 1.807) is 14.2 Å². The van der Waals surface area contributed by atoms with Gasteiger partial charge in [0.15, 0.2) is 8.32 Å². The van der Waals surface area contributed by atoms with Gasteiger partial charge in [0.1, 0.15) is 5.75 Å². The van der Waals surface area contributed by atoms with Crippen LogP contribution in [0.25, 0.3) is 10.9 Å². The number of hydrogen-bond donors (Lipinski definition) is 1. The molecule has 204 valence electrons. The maximum Gasteiger partial charge on any atom is 0.311 e. The highest BCUT2D eigenvalue weighted by molar-refractivity contribution is 6.74. The molecule has 2 aromatic rings. The van der Waals surface area contributed by atoms with Gasteiger partial charge >= 0.3 is 5.97 Å². The maximum atomic E-state index is 13.3. The monoisotopic (exact) mass is 528 g/mol. The Morgan fingerprint density at radius 1 is 1.14 bits per heavy atom. The number of nitrogens with one attached hydrogen (secondary N) is 1. The van der Waals surface area contributed by atoms with Crippen LogP contribution in [0.1, 0.15) is 50.9 Å². The van der Waals surface area contributed by atoms with E-state index in [0.717, 1.165) is 43.6 Å². The molecule has 37 heavy (non-hydrogen) atoms. The summed E-state index contributed by atoms with van der Waals surface area (Å²) in [7, 11) is 2.88. The predicted molar refractivity (Wildman–Crippen MR) is 147 cm³/mol. The minimum atomic E-state index is -2.05. The fourth-order valence-corrected chi connectivity index (χ4v) is 8.25. The van der Waals surface area contributed by atoms with E-state index in [2.05, 4.69) is 55.9 Å². The number of fused-ring (bicyclic) bond motifs is 6. The molecule has 1 aliphatic carbocycles. The molecule has 2 fully saturated rings. The third kappa shape index (κ3) is 4.54. The second kappa shape index (κ2) is 9.70. The van der Waals surface area contributed by atoms with Crippen LogP contribution in [0.2, 0.25) is 18.1 Å². The summed E-state index contributed by atoms with van der Waals surface area (Å²) in [6.45, 7) is 13.4. The quantitative estimate of drug-likeness (QED) is 0.419. The molecule has 0 spiro atoms. The van der Waals surface area contributed by atoms with Gasteiger partial charge in [-0.3, -0.25) is 9.69 Å². The molecule has 8 heteroatoms. The van der Waals surface area contributed by atoms with E-state index >= 15 is 0 Å². The van der Waals surface area contributed by atoms with Crippen LogP contribution in [-0.2, 0) is 25.1 Å². The summed E-state index contributed by atoms with van der Waals surface area (Å²) in [5, 5.41) is 1.37. The van der Waals surface area contributed by atoms with Crippen molar-refractivity contribution in [3.63, 3.8) is 0 Å². The molecule has 6 atom stereocenters. The van der Waals surface area contributed by atoms with Gasteiger partial charge in [0.05, 0.1) is 38.4 Å². The van der Waals surface area contributed by atoms with Crippen molar-refractivity contribution < 1.29 is 23.4 Å². The fourth-order valence-electron chi connectivity index (χ4n) is 6.91. The number of piperidine rings is 1. The van der Waals surface area contributed by atoms with Crippen LogP contribution in [0.4, 0.5) is 0 Å². The number of ether oxygens (including phenoxy) is 3. The smallest absolute Gasteiger partial charge is 0.311 e. The second-order valence-electron chi connectivity index (χ2n) is 12.8. The number of nitrogens with zero attached hydrogens (tertiary/aromatic N) is 1. The number of benzene rings is 1. The van der Waals surface area contributed by atoms with Crippen molar-refractivity contribution >= 4 is 25.2 Å². The predicted octanol–water partition coefficient (Wildman–Crippen LogP) is 5.31. The number of carbonyl (C=O) groups excluding carboxylic acids is 1. The van der Waals surface area contributed by atoms with Crippen LogP contribution < -0.4 is 4.74 Å². The minimum absolute atomic E-state index is 0.0855. The third-order valence-corrected chi connectivity index (χ3v) is 14.4. The Kier molecular flexibility index (Phi) is 7.01. The van der Waals surface area contributed by atoms with Gasteiger partial charge in [0.2, 0.25) is 0 Å². The molecule has 1 N–H and O–H groups in total. The molecule has 3 heterocycles. The molecule has 0 radical (unpaired) electrons. The molecule has 5 rings (SSSR count). The Morgan fingerprint density at radius 3 is 2.54 bits per heavy atom. The van der Waals surface area contributed by atoms with Crippen molar-refractivity contribution in [2.24, 2.45) is 17.8 Å². The molecule has 1 aromatic carbocycles. The summed E-state index contributed by atoms with van der Waals surface area (Å²) in [5.74, 6) is 0.912. The normalized spacial score (nSPS) is 30.4. The van der Waals surface area contributed by atoms with Crippen molar-refractivity contribution in [3.05, 3.63) is 29.5 Å². The summed E-state index contributed by atoms with van der Waals surface area (Å²) in [6, 6.07) is 6.56. The Labute approximate surface area is 222 Å². The van der Waals surface area contributed by atoms with Crippen LogP contribution in [0.15, 0.2) is 18.2 Å². The fraction of sp³-hybridized carbons (Fsp3) is 0.690. The molecular weight excluding hydrogens is 484 g/mol. The highest BCUT2D eigenvalue weighted by Crippen LogP contribution is 2.51. The number of hydrogen-bond acceptors (Lipinski definition) is 6. The number of H-pyrrole nitrogens is 1. The van der Waals surface area contributed by atoms with Crippen molar-refractivity contribution in [2.45, 2.75) is 76.4 Å². The molecule has 7 nitrogen and oxygen atoms in total. The minimum Gasteiger partial charge on any atom is -0.497 e. The Morgan fingerprint density at radius 2 is 1.89 bits per heavy atom. The average molecular weight is 529 g/mol. The highest BCUT2D eigenvalue weighted by atomic mass is 28.4. The topological polar surface area (TPSA) is 73.0 Å². The zero-order valence-corrected chi connectivity index (χ0v) is 24.7. The highest BCUT2D eigenvalue weighted by Gasteiger charge is 2.55. The number of aromatic amines is 1. The molecule has 2 aliphatic heterocycles. The summed E-state index contributed by atoms with van der Waals surface area (Å²) < 4.78 is 23.9. The van der Waals surface area contributed by atoms with Crippen molar-refractivity contribution in [1.29, 1.82) is 0 Å². The number of methoxy groups -OCH3 is 3. The van der Waals surface area contributed by atoms with Crippen LogP contribution >= 0.6 is 0 Å². The van der Waals surface area contributed by atoms with Crippen LogP contribution in [0.3, 0.4) is 0 Å². The Balaban J connectivity index is 1.48. The lowest BCUT2D eigenvalue weighted by molar-refractivity contribution is -0.174. The molecule has 0 amide bonds. The summed E-state index contributed by atoms with van der Waals surface area (Å²) in [6.07, 6.45) is 2.45.